The predicted octanol–water partition coefficient (Wildman–Crippen LogP) is 2.22. The molecule has 0 unspecified atom stereocenters. The Labute approximate surface area is 133 Å². The Kier molecular flexibility index (Phi) is 3.83. The number of aromatic amines is 1. The third-order valence-corrected chi connectivity index (χ3v) is 5.13. The van der Waals surface area contributed by atoms with Gasteiger partial charge in [0, 0.05) is 6.54 Å². The highest BCUT2D eigenvalue weighted by atomic mass is 32.2. The van der Waals surface area contributed by atoms with Gasteiger partial charge in [0.05, 0.1) is 10.4 Å². The number of fused-ring (bicyclic) bond motifs is 1. The SMILES string of the molecule is Cc1ccc(S(=O)(=O)NCc2ccc3[nH]c(=O)oc3c2)c(C)c1. The fourth-order valence-electron chi connectivity index (χ4n) is 2.46. The fourth-order valence-corrected chi connectivity index (χ4v) is 3.70. The standard InChI is InChI=1S/C16H16N2O4S/c1-10-3-6-15(11(2)7-10)23(20,21)17-9-12-4-5-13-14(8-12)22-16(19)18-13/h3-8,17H,9H2,1-2H3,(H,18,19). The molecule has 7 heteroatoms. The molecule has 1 heterocycles. The molecule has 120 valence electrons. The van der Waals surface area contributed by atoms with Crippen molar-refractivity contribution in [2.45, 2.75) is 25.3 Å². The van der Waals surface area contributed by atoms with E-state index in [4.69, 9.17) is 4.42 Å². The molecule has 0 saturated carbocycles. The van der Waals surface area contributed by atoms with E-state index in [-0.39, 0.29) is 11.4 Å². The Bertz CT molecular complexity index is 1030. The summed E-state index contributed by atoms with van der Waals surface area (Å²) >= 11 is 0. The van der Waals surface area contributed by atoms with E-state index in [1.54, 1.807) is 37.3 Å². The van der Waals surface area contributed by atoms with Crippen molar-refractivity contribution in [1.29, 1.82) is 0 Å². The molecule has 0 aliphatic carbocycles. The molecule has 23 heavy (non-hydrogen) atoms. The van der Waals surface area contributed by atoms with Gasteiger partial charge >= 0.3 is 5.76 Å². The average molecular weight is 332 g/mol. The van der Waals surface area contributed by atoms with Gasteiger partial charge in [-0.05, 0) is 43.2 Å². The van der Waals surface area contributed by atoms with E-state index in [9.17, 15) is 13.2 Å². The molecule has 0 saturated heterocycles. The second-order valence-corrected chi connectivity index (χ2v) is 7.17. The first-order valence-electron chi connectivity index (χ1n) is 7.04. The topological polar surface area (TPSA) is 92.2 Å². The monoisotopic (exact) mass is 332 g/mol. The Balaban J connectivity index is 1.83. The normalized spacial score (nSPS) is 11.9. The van der Waals surface area contributed by atoms with Crippen LogP contribution in [-0.2, 0) is 16.6 Å². The van der Waals surface area contributed by atoms with Crippen molar-refractivity contribution in [3.05, 3.63) is 63.6 Å². The molecule has 3 aromatic rings. The molecule has 0 aliphatic rings. The second-order valence-electron chi connectivity index (χ2n) is 5.44. The lowest BCUT2D eigenvalue weighted by molar-refractivity contribution is 0.554. The van der Waals surface area contributed by atoms with Gasteiger partial charge in [-0.3, -0.25) is 4.98 Å². The molecule has 0 amide bonds. The summed E-state index contributed by atoms with van der Waals surface area (Å²) in [6, 6.07) is 10.2. The minimum Gasteiger partial charge on any atom is -0.408 e. The number of sulfonamides is 1. The van der Waals surface area contributed by atoms with Crippen molar-refractivity contribution in [2.75, 3.05) is 0 Å². The van der Waals surface area contributed by atoms with Crippen molar-refractivity contribution >= 4 is 21.1 Å². The molecule has 0 bridgehead atoms. The van der Waals surface area contributed by atoms with Crippen LogP contribution in [0.3, 0.4) is 0 Å². The smallest absolute Gasteiger partial charge is 0.408 e. The van der Waals surface area contributed by atoms with Crippen molar-refractivity contribution in [2.24, 2.45) is 0 Å². The highest BCUT2D eigenvalue weighted by molar-refractivity contribution is 7.89. The number of rotatable bonds is 4. The van der Waals surface area contributed by atoms with Crippen LogP contribution < -0.4 is 10.5 Å². The summed E-state index contributed by atoms with van der Waals surface area (Å²) in [5, 5.41) is 0. The van der Waals surface area contributed by atoms with Crippen LogP contribution in [0.4, 0.5) is 0 Å². The third kappa shape index (κ3) is 3.20. The van der Waals surface area contributed by atoms with Crippen LogP contribution in [0.5, 0.6) is 0 Å². The lowest BCUT2D eigenvalue weighted by Gasteiger charge is -2.10. The zero-order valence-electron chi connectivity index (χ0n) is 12.7. The van der Waals surface area contributed by atoms with E-state index in [0.717, 1.165) is 5.56 Å². The number of hydrogen-bond acceptors (Lipinski definition) is 4. The maximum Gasteiger partial charge on any atom is 0.417 e. The third-order valence-electron chi connectivity index (χ3n) is 3.57. The van der Waals surface area contributed by atoms with Crippen LogP contribution in [0.15, 0.2) is 50.5 Å². The van der Waals surface area contributed by atoms with Gasteiger partial charge in [-0.2, -0.15) is 0 Å². The molecule has 1 aromatic heterocycles. The highest BCUT2D eigenvalue weighted by Crippen LogP contribution is 2.17. The molecular weight excluding hydrogens is 316 g/mol. The number of aryl methyl sites for hydroxylation is 2. The summed E-state index contributed by atoms with van der Waals surface area (Å²) in [4.78, 5) is 13.9. The van der Waals surface area contributed by atoms with Crippen molar-refractivity contribution in [3.63, 3.8) is 0 Å². The van der Waals surface area contributed by atoms with E-state index >= 15 is 0 Å². The molecule has 6 nitrogen and oxygen atoms in total. The molecule has 0 atom stereocenters. The van der Waals surface area contributed by atoms with Gasteiger partial charge in [-0.15, -0.1) is 0 Å². The Morgan fingerprint density at radius 1 is 1.13 bits per heavy atom. The van der Waals surface area contributed by atoms with Crippen LogP contribution in [0.25, 0.3) is 11.1 Å². The van der Waals surface area contributed by atoms with Crippen LogP contribution >= 0.6 is 0 Å². The minimum atomic E-state index is -3.60. The number of H-pyrrole nitrogens is 1. The van der Waals surface area contributed by atoms with Crippen LogP contribution in [-0.4, -0.2) is 13.4 Å². The first-order chi connectivity index (χ1) is 10.8. The molecule has 0 aliphatic heterocycles. The number of benzene rings is 2. The molecule has 2 aromatic carbocycles. The van der Waals surface area contributed by atoms with Gasteiger partial charge in [0.1, 0.15) is 0 Å². The fraction of sp³-hybridized carbons (Fsp3) is 0.188. The predicted molar refractivity (Wildman–Crippen MR) is 86.8 cm³/mol. The summed E-state index contributed by atoms with van der Waals surface area (Å²) in [7, 11) is -3.60. The number of aromatic nitrogens is 1. The number of hydrogen-bond donors (Lipinski definition) is 2. The molecular formula is C16H16N2O4S. The van der Waals surface area contributed by atoms with Gasteiger partial charge < -0.3 is 4.42 Å². The lowest BCUT2D eigenvalue weighted by Crippen LogP contribution is -2.24. The summed E-state index contributed by atoms with van der Waals surface area (Å²) in [5.41, 5.74) is 3.39. The van der Waals surface area contributed by atoms with Gasteiger partial charge in [0.15, 0.2) is 5.58 Å². The summed E-state index contributed by atoms with van der Waals surface area (Å²) in [6.45, 7) is 3.79. The summed E-state index contributed by atoms with van der Waals surface area (Å²) < 4.78 is 32.4. The Morgan fingerprint density at radius 2 is 1.91 bits per heavy atom. The second kappa shape index (κ2) is 5.68. The van der Waals surface area contributed by atoms with E-state index in [1.165, 1.54) is 0 Å². The number of nitrogens with one attached hydrogen (secondary N) is 2. The van der Waals surface area contributed by atoms with Gasteiger partial charge in [0.2, 0.25) is 10.0 Å². The van der Waals surface area contributed by atoms with E-state index in [0.29, 0.717) is 22.2 Å². The molecule has 0 spiro atoms. The first-order valence-corrected chi connectivity index (χ1v) is 8.52. The van der Waals surface area contributed by atoms with Gasteiger partial charge in [-0.25, -0.2) is 17.9 Å². The molecule has 0 fully saturated rings. The van der Waals surface area contributed by atoms with Gasteiger partial charge in [-0.1, -0.05) is 23.8 Å². The van der Waals surface area contributed by atoms with Crippen molar-refractivity contribution < 1.29 is 12.8 Å². The van der Waals surface area contributed by atoms with Crippen LogP contribution in [0, 0.1) is 13.8 Å². The van der Waals surface area contributed by atoms with E-state index in [1.807, 2.05) is 13.0 Å². The zero-order valence-corrected chi connectivity index (χ0v) is 13.5. The van der Waals surface area contributed by atoms with Crippen LogP contribution in [0.1, 0.15) is 16.7 Å². The maximum atomic E-state index is 12.4. The Hall–Kier alpha value is -2.38. The molecule has 0 radical (unpaired) electrons. The summed E-state index contributed by atoms with van der Waals surface area (Å²) in [6.07, 6.45) is 0. The summed E-state index contributed by atoms with van der Waals surface area (Å²) in [5.74, 6) is -0.534. The van der Waals surface area contributed by atoms with Gasteiger partial charge in [0.25, 0.3) is 0 Å². The minimum absolute atomic E-state index is 0.112. The van der Waals surface area contributed by atoms with Crippen molar-refractivity contribution in [3.8, 4) is 0 Å². The lowest BCUT2D eigenvalue weighted by atomic mass is 10.2. The largest absolute Gasteiger partial charge is 0.417 e. The van der Waals surface area contributed by atoms with E-state index in [2.05, 4.69) is 9.71 Å². The quantitative estimate of drug-likeness (QED) is 0.766. The number of oxazole rings is 1. The van der Waals surface area contributed by atoms with E-state index < -0.39 is 15.8 Å². The maximum absolute atomic E-state index is 12.4. The average Bonchev–Trinajstić information content (AvgIpc) is 2.84. The zero-order chi connectivity index (χ0) is 16.6. The molecule has 3 rings (SSSR count). The highest BCUT2D eigenvalue weighted by Gasteiger charge is 2.16. The van der Waals surface area contributed by atoms with Crippen molar-refractivity contribution in [1.82, 2.24) is 9.71 Å². The van der Waals surface area contributed by atoms with Crippen LogP contribution in [0.2, 0.25) is 0 Å². The molecule has 2 N–H and O–H groups in total. The first kappa shape index (κ1) is 15.5. The Morgan fingerprint density at radius 3 is 2.65 bits per heavy atom.